The van der Waals surface area contributed by atoms with Crippen LogP contribution in [0.25, 0.3) is 22.6 Å². The van der Waals surface area contributed by atoms with Gasteiger partial charge in [-0.05, 0) is 96.6 Å². The first-order chi connectivity index (χ1) is 34.2. The van der Waals surface area contributed by atoms with E-state index in [1.165, 1.54) is 0 Å². The van der Waals surface area contributed by atoms with E-state index in [4.69, 9.17) is 28.4 Å². The molecule has 374 valence electrons. The molecular weight excluding hydrogens is 889 g/mol. The van der Waals surface area contributed by atoms with Crippen LogP contribution < -0.4 is 30.7 Å². The van der Waals surface area contributed by atoms with E-state index in [1.54, 1.807) is 39.3 Å². The lowest BCUT2D eigenvalue weighted by Crippen LogP contribution is -2.52. The minimum absolute atomic E-state index is 0.00821. The molecule has 4 aromatic rings. The zero-order chi connectivity index (χ0) is 48.8. The quantitative estimate of drug-likeness (QED) is 0.0675. The predicted octanol–water partition coefficient (Wildman–Crippen LogP) is 6.78. The van der Waals surface area contributed by atoms with Gasteiger partial charge >= 0.3 is 0 Å². The maximum Gasteiger partial charge on any atom is 0.213 e. The van der Waals surface area contributed by atoms with Crippen molar-refractivity contribution in [1.82, 2.24) is 40.5 Å². The first-order valence-electron chi connectivity index (χ1n) is 25.0. The van der Waals surface area contributed by atoms with E-state index in [0.29, 0.717) is 111 Å². The molecule has 18 heteroatoms. The monoisotopic (exact) mass is 959 g/mol. The highest BCUT2D eigenvalue weighted by molar-refractivity contribution is 5.63. The van der Waals surface area contributed by atoms with Crippen LogP contribution in [0.3, 0.4) is 0 Å². The molecule has 0 aromatic carbocycles. The van der Waals surface area contributed by atoms with Gasteiger partial charge in [0, 0.05) is 118 Å². The van der Waals surface area contributed by atoms with E-state index < -0.39 is 10.8 Å². The number of nitrogens with zero attached hydrogens (tertiary/aromatic N) is 8. The van der Waals surface area contributed by atoms with Gasteiger partial charge in [0.05, 0.1) is 59.4 Å². The Hall–Kier alpha value is -5.60. The minimum Gasteiger partial charge on any atom is -0.492 e. The fourth-order valence-corrected chi connectivity index (χ4v) is 10.6. The van der Waals surface area contributed by atoms with Gasteiger partial charge in [-0.25, -0.2) is 24.9 Å². The normalized spacial score (nSPS) is 26.4. The number of methoxy groups -OCH3 is 2. The molecule has 4 aromatic heterocycles. The van der Waals surface area contributed by atoms with Crippen molar-refractivity contribution in [3.63, 3.8) is 0 Å². The molecule has 18 nitrogen and oxygen atoms in total. The fourth-order valence-electron chi connectivity index (χ4n) is 10.6. The summed E-state index contributed by atoms with van der Waals surface area (Å²) in [7, 11) is 3.46. The topological polar surface area (TPSA) is 228 Å². The Balaban J connectivity index is 0.918. The molecule has 0 amide bonds. The zero-order valence-corrected chi connectivity index (χ0v) is 41.1. The van der Waals surface area contributed by atoms with E-state index >= 15 is 0 Å². The highest BCUT2D eigenvalue weighted by Crippen LogP contribution is 2.42. The van der Waals surface area contributed by atoms with Crippen LogP contribution in [0, 0.1) is 39.4 Å². The Labute approximate surface area is 412 Å². The molecule has 4 aliphatic rings. The molecule has 0 bridgehead atoms. The van der Waals surface area contributed by atoms with Crippen LogP contribution in [0.1, 0.15) is 84.5 Å². The summed E-state index contributed by atoms with van der Waals surface area (Å²) in [6.07, 6.45) is 15.6. The summed E-state index contributed by atoms with van der Waals surface area (Å²) in [6, 6.07) is 18.1. The van der Waals surface area contributed by atoms with E-state index in [-0.39, 0.29) is 43.4 Å². The van der Waals surface area contributed by atoms with E-state index in [1.807, 2.05) is 36.4 Å². The summed E-state index contributed by atoms with van der Waals surface area (Å²) in [5.74, 6) is 2.57. The zero-order valence-electron chi connectivity index (χ0n) is 41.1. The highest BCUT2D eigenvalue weighted by Gasteiger charge is 2.45. The van der Waals surface area contributed by atoms with E-state index in [2.05, 4.69) is 77.2 Å². The number of rotatable bonds is 21. The molecule has 2 saturated carbocycles. The highest BCUT2D eigenvalue weighted by atomic mass is 16.5. The van der Waals surface area contributed by atoms with Crippen molar-refractivity contribution in [2.24, 2.45) is 16.7 Å². The van der Waals surface area contributed by atoms with Gasteiger partial charge in [-0.2, -0.15) is 10.5 Å². The summed E-state index contributed by atoms with van der Waals surface area (Å²) in [4.78, 5) is 27.5. The van der Waals surface area contributed by atoms with Gasteiger partial charge in [-0.1, -0.05) is 0 Å². The molecule has 2 aliphatic carbocycles. The van der Waals surface area contributed by atoms with Gasteiger partial charge in [-0.15, -0.1) is 0 Å². The molecule has 8 rings (SSSR count). The van der Waals surface area contributed by atoms with Crippen molar-refractivity contribution in [1.29, 1.82) is 10.5 Å². The van der Waals surface area contributed by atoms with Crippen molar-refractivity contribution in [2.45, 2.75) is 127 Å². The van der Waals surface area contributed by atoms with Gasteiger partial charge in [0.15, 0.2) is 0 Å². The van der Waals surface area contributed by atoms with E-state index in [0.717, 1.165) is 56.3 Å². The first-order valence-corrected chi connectivity index (χ1v) is 25.0. The summed E-state index contributed by atoms with van der Waals surface area (Å²) in [6.45, 7) is 7.61. The predicted molar refractivity (Wildman–Crippen MR) is 264 cm³/mol. The first kappa shape index (κ1) is 50.8. The van der Waals surface area contributed by atoms with Gasteiger partial charge < -0.3 is 49.7 Å². The molecular formula is C52H70N12O6. The molecule has 2 aliphatic heterocycles. The van der Waals surface area contributed by atoms with Gasteiger partial charge in [-0.3, -0.25) is 4.98 Å². The van der Waals surface area contributed by atoms with Gasteiger partial charge in [0.1, 0.15) is 43.3 Å². The van der Waals surface area contributed by atoms with Crippen molar-refractivity contribution in [3.8, 4) is 46.4 Å². The molecule has 4 N–H and O–H groups in total. The Kier molecular flexibility index (Phi) is 17.8. The molecule has 7 atom stereocenters. The van der Waals surface area contributed by atoms with Crippen molar-refractivity contribution in [3.05, 3.63) is 61.4 Å². The van der Waals surface area contributed by atoms with Crippen LogP contribution in [0.4, 0.5) is 11.6 Å². The average Bonchev–Trinajstić information content (AvgIpc) is 3.39. The number of nitrogens with one attached hydrogen (secondary N) is 4. The molecule has 2 saturated heterocycles. The summed E-state index contributed by atoms with van der Waals surface area (Å²) >= 11 is 0. The van der Waals surface area contributed by atoms with Crippen molar-refractivity contribution >= 4 is 11.6 Å². The molecule has 4 fully saturated rings. The number of ether oxygens (including phenoxy) is 6. The Morgan fingerprint density at radius 3 is 2.04 bits per heavy atom. The lowest BCUT2D eigenvalue weighted by Gasteiger charge is -2.45. The summed E-state index contributed by atoms with van der Waals surface area (Å²) < 4.78 is 35.5. The molecule has 3 unspecified atom stereocenters. The average molecular weight is 959 g/mol. The lowest BCUT2D eigenvalue weighted by molar-refractivity contribution is -0.0810. The Morgan fingerprint density at radius 2 is 1.30 bits per heavy atom. The van der Waals surface area contributed by atoms with Gasteiger partial charge in [0.25, 0.3) is 0 Å². The van der Waals surface area contributed by atoms with Crippen molar-refractivity contribution < 1.29 is 28.4 Å². The number of hydrogen-bond donors (Lipinski definition) is 4. The van der Waals surface area contributed by atoms with Crippen LogP contribution in [0.5, 0.6) is 11.6 Å². The van der Waals surface area contributed by atoms with Gasteiger partial charge in [0.2, 0.25) is 5.88 Å². The third-order valence-corrected chi connectivity index (χ3v) is 14.5. The SMILES string of the molecule is COC[C@H](C)NC1CCC(Nc2cc(-c3cc(OCC4(C#N)CCOC(C5C[C@H](N[C@@H](C)COC)CC[C@H]5Nc5cc(-c6ccnc(OCC7(C#N)CCOCC7)c6)ncn5)C4)ccn3)ncn2)CC1. The number of hydrogen-bond acceptors (Lipinski definition) is 18. The number of nitriles is 2. The fraction of sp³-hybridized carbons (Fsp3) is 0.615. The summed E-state index contributed by atoms with van der Waals surface area (Å²) in [5, 5.41) is 35.7. The second-order valence-electron chi connectivity index (χ2n) is 19.8. The molecule has 70 heavy (non-hydrogen) atoms. The smallest absolute Gasteiger partial charge is 0.213 e. The Bertz CT molecular complexity index is 2370. The number of anilines is 2. The van der Waals surface area contributed by atoms with Crippen molar-refractivity contribution in [2.75, 3.05) is 71.1 Å². The standard InChI is InChI=1S/C52H70N12O6/c1-35(27-65-3)61-38-5-7-39(8-6-38)63-48-25-46(58-34-59-48)45-23-41(12-17-55-45)69-32-52(30-54)15-20-68-47(26-52)42-22-40(62-36(2)28-66-4)9-10-43(42)64-49-24-44(57-33-60-49)37-11-16-56-50(21-37)70-31-51(29-53)13-18-67-19-14-51/h11-12,16-17,21,23-25,33-36,38-40,42-43,47,61-62H,5-10,13-15,18-20,22,26-28,31-32H2,1-4H3,(H,57,60,64)(H,58,59,63)/t35-,36-,38?,39?,40+,42?,43+,47?,52?/m0/s1. The minimum atomic E-state index is -0.774. The van der Waals surface area contributed by atoms with Crippen LogP contribution in [0.15, 0.2) is 61.4 Å². The maximum absolute atomic E-state index is 10.9. The molecule has 0 spiro atoms. The van der Waals surface area contributed by atoms with Crippen LogP contribution in [0.2, 0.25) is 0 Å². The van der Waals surface area contributed by atoms with Crippen LogP contribution in [-0.2, 0) is 18.9 Å². The third kappa shape index (κ3) is 13.6. The summed E-state index contributed by atoms with van der Waals surface area (Å²) in [5.41, 5.74) is 1.53. The molecule has 0 radical (unpaired) electrons. The Morgan fingerprint density at radius 1 is 0.671 bits per heavy atom. The maximum atomic E-state index is 10.9. The van der Waals surface area contributed by atoms with Crippen LogP contribution in [-0.4, -0.2) is 133 Å². The second kappa shape index (κ2) is 24.5. The van der Waals surface area contributed by atoms with E-state index in [9.17, 15) is 10.5 Å². The third-order valence-electron chi connectivity index (χ3n) is 14.5. The molecule has 6 heterocycles. The lowest BCUT2D eigenvalue weighted by atomic mass is 9.71. The number of pyridine rings is 2. The van der Waals surface area contributed by atoms with Crippen LogP contribution >= 0.6 is 0 Å². The number of aromatic nitrogens is 6. The largest absolute Gasteiger partial charge is 0.492 e. The second-order valence-corrected chi connectivity index (χ2v) is 19.8.